The largest absolute Gasteiger partial charge is 0.450 e. The fourth-order valence-corrected chi connectivity index (χ4v) is 7.88. The van der Waals surface area contributed by atoms with Crippen LogP contribution in [0.4, 0.5) is 13.2 Å². The first-order chi connectivity index (χ1) is 14.2. The van der Waals surface area contributed by atoms with Crippen molar-refractivity contribution in [2.24, 2.45) is 28.6 Å². The molecule has 4 rings (SSSR count). The van der Waals surface area contributed by atoms with Gasteiger partial charge in [0.05, 0.1) is 17.8 Å². The van der Waals surface area contributed by atoms with Gasteiger partial charge in [0.25, 0.3) is 0 Å². The van der Waals surface area contributed by atoms with Crippen molar-refractivity contribution < 1.29 is 32.6 Å². The Morgan fingerprint density at radius 1 is 1.06 bits per heavy atom. The van der Waals surface area contributed by atoms with Crippen LogP contribution in [-0.4, -0.2) is 40.7 Å². The van der Waals surface area contributed by atoms with E-state index in [4.69, 9.17) is 4.74 Å². The third-order valence-corrected chi connectivity index (χ3v) is 9.85. The second-order valence-electron chi connectivity index (χ2n) is 11.4. The van der Waals surface area contributed by atoms with Crippen molar-refractivity contribution in [3.8, 4) is 0 Å². The summed E-state index contributed by atoms with van der Waals surface area (Å²) < 4.78 is 43.2. The van der Waals surface area contributed by atoms with Crippen LogP contribution in [0.15, 0.2) is 0 Å². The first-order valence-corrected chi connectivity index (χ1v) is 11.7. The second-order valence-corrected chi connectivity index (χ2v) is 11.4. The Kier molecular flexibility index (Phi) is 5.45. The zero-order valence-corrected chi connectivity index (χ0v) is 18.8. The molecule has 4 nitrogen and oxygen atoms in total. The number of ketones is 2. The lowest BCUT2D eigenvalue weighted by atomic mass is 9.43. The summed E-state index contributed by atoms with van der Waals surface area (Å²) in [5, 5.41) is 11.8. The van der Waals surface area contributed by atoms with E-state index in [9.17, 15) is 27.9 Å². The van der Waals surface area contributed by atoms with E-state index in [-0.39, 0.29) is 17.4 Å². The minimum atomic E-state index is -4.83. The van der Waals surface area contributed by atoms with Crippen LogP contribution in [0.1, 0.15) is 85.0 Å². The summed E-state index contributed by atoms with van der Waals surface area (Å²) in [5.41, 5.74) is -2.16. The molecule has 7 heteroatoms. The van der Waals surface area contributed by atoms with Crippen molar-refractivity contribution in [1.29, 1.82) is 0 Å². The second kappa shape index (κ2) is 7.28. The van der Waals surface area contributed by atoms with Gasteiger partial charge in [0.15, 0.2) is 0 Å². The fraction of sp³-hybridized carbons (Fsp3) is 0.917. The van der Waals surface area contributed by atoms with Crippen molar-refractivity contribution >= 4 is 11.6 Å². The molecule has 4 aliphatic carbocycles. The lowest BCUT2D eigenvalue weighted by Crippen LogP contribution is -2.65. The van der Waals surface area contributed by atoms with Crippen molar-refractivity contribution in [2.75, 3.05) is 6.61 Å². The Balaban J connectivity index is 1.46. The summed E-state index contributed by atoms with van der Waals surface area (Å²) in [5.74, 6) is -0.165. The number of ether oxygens (including phenoxy) is 1. The normalized spacial score (nSPS) is 47.5. The molecule has 31 heavy (non-hydrogen) atoms. The molecule has 0 spiro atoms. The van der Waals surface area contributed by atoms with Gasteiger partial charge in [-0.3, -0.25) is 9.59 Å². The number of carbonyl (C=O) groups excluding carboxylic acids is 2. The molecule has 7 atom stereocenters. The molecule has 0 aliphatic heterocycles. The van der Waals surface area contributed by atoms with Gasteiger partial charge in [0.2, 0.25) is 5.78 Å². The Morgan fingerprint density at radius 3 is 2.45 bits per heavy atom. The molecule has 0 bridgehead atoms. The maximum Gasteiger partial charge on any atom is 0.450 e. The molecule has 4 saturated carbocycles. The summed E-state index contributed by atoms with van der Waals surface area (Å²) in [6.45, 7) is 5.88. The topological polar surface area (TPSA) is 63.6 Å². The van der Waals surface area contributed by atoms with E-state index >= 15 is 0 Å². The first kappa shape index (κ1) is 23.2. The first-order valence-electron chi connectivity index (χ1n) is 11.7. The average Bonchev–Trinajstić information content (AvgIpc) is 2.97. The van der Waals surface area contributed by atoms with Crippen molar-refractivity contribution in [2.45, 2.75) is 102 Å². The standard InChI is InChI=1S/C24H35F3O4/c1-20(31-13-8-19(29)24(25,26)27)11-12-22(3)17-7-9-21(2)16(4-5-18(21)28)15(17)6-10-23(22,30)14-20/h15-17,30H,4-14H2,1-3H3/t15-,16-,17-,20+,21-,22+,23+/m0/s1. The minimum Gasteiger partial charge on any atom is -0.389 e. The molecule has 0 aromatic carbocycles. The molecule has 0 heterocycles. The van der Waals surface area contributed by atoms with Gasteiger partial charge in [-0.25, -0.2) is 0 Å². The molecule has 0 radical (unpaired) electrons. The van der Waals surface area contributed by atoms with E-state index in [1.54, 1.807) is 0 Å². The van der Waals surface area contributed by atoms with Crippen LogP contribution < -0.4 is 0 Å². The summed E-state index contributed by atoms with van der Waals surface area (Å²) in [7, 11) is 0. The summed E-state index contributed by atoms with van der Waals surface area (Å²) in [6, 6.07) is 0. The van der Waals surface area contributed by atoms with E-state index in [1.807, 2.05) is 6.92 Å². The molecule has 0 aromatic heterocycles. The maximum absolute atomic E-state index is 12.6. The van der Waals surface area contributed by atoms with E-state index < -0.39 is 29.6 Å². The monoisotopic (exact) mass is 444 g/mol. The highest BCUT2D eigenvalue weighted by molar-refractivity contribution is 5.87. The highest BCUT2D eigenvalue weighted by atomic mass is 19.4. The molecular weight excluding hydrogens is 409 g/mol. The van der Waals surface area contributed by atoms with Crippen LogP contribution in [0.25, 0.3) is 0 Å². The van der Waals surface area contributed by atoms with Crippen LogP contribution in [0.2, 0.25) is 0 Å². The summed E-state index contributed by atoms with van der Waals surface area (Å²) in [6.07, 6.45) is 1.22. The van der Waals surface area contributed by atoms with Gasteiger partial charge in [-0.1, -0.05) is 13.8 Å². The van der Waals surface area contributed by atoms with Crippen LogP contribution in [0, 0.1) is 28.6 Å². The molecule has 0 aromatic rings. The van der Waals surface area contributed by atoms with Gasteiger partial charge in [-0.05, 0) is 75.0 Å². The van der Waals surface area contributed by atoms with Gasteiger partial charge >= 0.3 is 6.18 Å². The Morgan fingerprint density at radius 2 is 1.77 bits per heavy atom. The van der Waals surface area contributed by atoms with Gasteiger partial charge < -0.3 is 9.84 Å². The smallest absolute Gasteiger partial charge is 0.389 e. The molecule has 1 N–H and O–H groups in total. The number of carbonyl (C=O) groups is 2. The minimum absolute atomic E-state index is 0.204. The molecule has 0 unspecified atom stereocenters. The lowest BCUT2D eigenvalue weighted by Gasteiger charge is -2.64. The third kappa shape index (κ3) is 3.58. The molecule has 176 valence electrons. The number of aliphatic hydroxyl groups is 1. The predicted octanol–water partition coefficient (Wildman–Crippen LogP) is 5.01. The molecule has 4 aliphatic rings. The van der Waals surface area contributed by atoms with Crippen LogP contribution in [0.3, 0.4) is 0 Å². The zero-order valence-electron chi connectivity index (χ0n) is 18.8. The van der Waals surface area contributed by atoms with Crippen molar-refractivity contribution in [3.63, 3.8) is 0 Å². The quantitative estimate of drug-likeness (QED) is 0.662. The number of Topliss-reactive ketones (excluding diaryl/α,β-unsaturated/α-hetero) is 2. The lowest BCUT2D eigenvalue weighted by molar-refractivity contribution is -0.241. The zero-order chi connectivity index (χ0) is 22.9. The van der Waals surface area contributed by atoms with E-state index in [0.717, 1.165) is 32.1 Å². The van der Waals surface area contributed by atoms with Gasteiger partial charge in [-0.2, -0.15) is 13.2 Å². The average molecular weight is 445 g/mol. The third-order valence-electron chi connectivity index (χ3n) is 9.85. The van der Waals surface area contributed by atoms with Gasteiger partial charge in [0.1, 0.15) is 5.78 Å². The van der Waals surface area contributed by atoms with Crippen molar-refractivity contribution in [1.82, 2.24) is 0 Å². The molecular formula is C24H35F3O4. The molecule has 4 fully saturated rings. The predicted molar refractivity (Wildman–Crippen MR) is 108 cm³/mol. The Hall–Kier alpha value is -0.950. The number of halogens is 3. The van der Waals surface area contributed by atoms with Gasteiger partial charge in [-0.15, -0.1) is 0 Å². The van der Waals surface area contributed by atoms with Crippen LogP contribution >= 0.6 is 0 Å². The number of fused-ring (bicyclic) bond motifs is 5. The maximum atomic E-state index is 12.6. The Bertz CT molecular complexity index is 766. The SMILES string of the molecule is C[C@@]1(OCCC(=O)C(F)(F)F)CC[C@]2(C)[C@H]3CC[C@]4(C)C(=O)CC[C@H]4[C@@H]3CC[C@@]2(O)C1. The number of alkyl halides is 3. The number of hydrogen-bond acceptors (Lipinski definition) is 4. The number of hydrogen-bond donors (Lipinski definition) is 1. The van der Waals surface area contributed by atoms with E-state index in [1.165, 1.54) is 0 Å². The molecule has 0 amide bonds. The molecule has 0 saturated heterocycles. The van der Waals surface area contributed by atoms with Crippen LogP contribution in [0.5, 0.6) is 0 Å². The number of rotatable bonds is 4. The summed E-state index contributed by atoms with van der Waals surface area (Å²) in [4.78, 5) is 23.7. The van der Waals surface area contributed by atoms with Crippen molar-refractivity contribution in [3.05, 3.63) is 0 Å². The van der Waals surface area contributed by atoms with E-state index in [0.29, 0.717) is 49.2 Å². The fourth-order valence-electron chi connectivity index (χ4n) is 7.88. The van der Waals surface area contributed by atoms with Gasteiger partial charge in [0, 0.05) is 24.7 Å². The Labute approximate surface area is 182 Å². The summed E-state index contributed by atoms with van der Waals surface area (Å²) >= 11 is 0. The highest BCUT2D eigenvalue weighted by Crippen LogP contribution is 2.67. The highest BCUT2D eigenvalue weighted by Gasteiger charge is 2.65. The van der Waals surface area contributed by atoms with Crippen LogP contribution in [-0.2, 0) is 14.3 Å². The van der Waals surface area contributed by atoms with E-state index in [2.05, 4.69) is 13.8 Å².